The highest BCUT2D eigenvalue weighted by molar-refractivity contribution is 5.91. The van der Waals surface area contributed by atoms with Crippen LogP contribution in [0.4, 0.5) is 14.9 Å². The topological polar surface area (TPSA) is 64.3 Å². The molecule has 3 heterocycles. The smallest absolute Gasteiger partial charge is 0.323 e. The third-order valence-corrected chi connectivity index (χ3v) is 6.96. The van der Waals surface area contributed by atoms with Crippen LogP contribution in [0.2, 0.25) is 0 Å². The lowest BCUT2D eigenvalue weighted by Crippen LogP contribution is -2.38. The van der Waals surface area contributed by atoms with Crippen LogP contribution in [0.25, 0.3) is 11.5 Å². The second-order valence-corrected chi connectivity index (χ2v) is 9.38. The van der Waals surface area contributed by atoms with Crippen molar-refractivity contribution in [1.82, 2.24) is 19.2 Å². The molecule has 1 aliphatic heterocycles. The Labute approximate surface area is 226 Å². The summed E-state index contributed by atoms with van der Waals surface area (Å²) >= 11 is 0. The third-order valence-electron chi connectivity index (χ3n) is 6.96. The van der Waals surface area contributed by atoms with Crippen molar-refractivity contribution in [1.29, 1.82) is 0 Å². The van der Waals surface area contributed by atoms with Crippen LogP contribution in [0.1, 0.15) is 35.5 Å². The van der Waals surface area contributed by atoms with Crippen LogP contribution in [-0.4, -0.2) is 31.9 Å². The number of anilines is 1. The minimum atomic E-state index is -0.490. The van der Waals surface area contributed by atoms with Gasteiger partial charge in [-0.1, -0.05) is 42.5 Å². The van der Waals surface area contributed by atoms with E-state index in [0.29, 0.717) is 24.6 Å². The lowest BCUT2D eigenvalue weighted by atomic mass is 10.0. The molecule has 2 amide bonds. The Bertz CT molecular complexity index is 1620. The highest BCUT2D eigenvalue weighted by Crippen LogP contribution is 2.39. The van der Waals surface area contributed by atoms with Crippen molar-refractivity contribution < 1.29 is 13.9 Å². The van der Waals surface area contributed by atoms with Gasteiger partial charge in [0.05, 0.1) is 42.0 Å². The maximum atomic E-state index is 14.1. The largest absolute Gasteiger partial charge is 0.492 e. The molecule has 0 radical (unpaired) electrons. The second kappa shape index (κ2) is 10.1. The number of nitrogens with one attached hydrogen (secondary N) is 1. The van der Waals surface area contributed by atoms with Crippen LogP contribution in [0, 0.1) is 12.7 Å². The Morgan fingerprint density at radius 1 is 1.00 bits per heavy atom. The second-order valence-electron chi connectivity index (χ2n) is 9.38. The molecule has 0 unspecified atom stereocenters. The number of carbonyl (C=O) groups excluding carboxylic acids is 1. The molecule has 0 bridgehead atoms. The number of urea groups is 1. The predicted molar refractivity (Wildman–Crippen MR) is 148 cm³/mol. The number of aromatic nitrogens is 3. The molecule has 196 valence electrons. The van der Waals surface area contributed by atoms with E-state index in [1.807, 2.05) is 91.5 Å². The minimum Gasteiger partial charge on any atom is -0.492 e. The van der Waals surface area contributed by atoms with Crippen molar-refractivity contribution in [3.05, 3.63) is 126 Å². The maximum Gasteiger partial charge on any atom is 0.323 e. The standard InChI is InChI=1S/C31H28FN5O2/c1-3-39-28-14-8-7-12-26(28)33-31(38)36-20-25-21(2)34-37(24-10-5-4-6-11-24)30(25)35-19-9-13-27(35)29(36)22-15-17-23(32)18-16-22/h4-19,29H,3,20H2,1-2H3,(H,33,38)/t29-/m1/s1. The van der Waals surface area contributed by atoms with Crippen molar-refractivity contribution in [2.45, 2.75) is 26.4 Å². The van der Waals surface area contributed by atoms with Crippen LogP contribution in [0.5, 0.6) is 5.75 Å². The van der Waals surface area contributed by atoms with E-state index >= 15 is 0 Å². The first-order valence-electron chi connectivity index (χ1n) is 12.9. The van der Waals surface area contributed by atoms with Crippen molar-refractivity contribution in [2.75, 3.05) is 11.9 Å². The van der Waals surface area contributed by atoms with Gasteiger partial charge in [0.25, 0.3) is 0 Å². The fraction of sp³-hybridized carbons (Fsp3) is 0.161. The van der Waals surface area contributed by atoms with Gasteiger partial charge in [0, 0.05) is 11.8 Å². The van der Waals surface area contributed by atoms with Gasteiger partial charge in [0.1, 0.15) is 17.4 Å². The molecule has 0 saturated carbocycles. The summed E-state index contributed by atoms with van der Waals surface area (Å²) in [6.07, 6.45) is 1.98. The van der Waals surface area contributed by atoms with Crippen molar-refractivity contribution >= 4 is 11.7 Å². The number of benzene rings is 3. The molecule has 5 aromatic rings. The van der Waals surface area contributed by atoms with Crippen LogP contribution < -0.4 is 10.1 Å². The zero-order valence-corrected chi connectivity index (χ0v) is 21.7. The van der Waals surface area contributed by atoms with Crippen molar-refractivity contribution in [2.24, 2.45) is 0 Å². The van der Waals surface area contributed by atoms with Crippen molar-refractivity contribution in [3.8, 4) is 17.3 Å². The molecule has 1 atom stereocenters. The molecule has 2 aromatic heterocycles. The van der Waals surface area contributed by atoms with Gasteiger partial charge in [-0.15, -0.1) is 0 Å². The van der Waals surface area contributed by atoms with Gasteiger partial charge in [0.2, 0.25) is 0 Å². The average molecular weight is 522 g/mol. The molecule has 39 heavy (non-hydrogen) atoms. The number of ether oxygens (including phenoxy) is 1. The molecular weight excluding hydrogens is 493 g/mol. The molecule has 7 nitrogen and oxygen atoms in total. The van der Waals surface area contributed by atoms with Gasteiger partial charge in [0.15, 0.2) is 0 Å². The summed E-state index contributed by atoms with van der Waals surface area (Å²) in [5.74, 6) is 1.14. The summed E-state index contributed by atoms with van der Waals surface area (Å²) in [4.78, 5) is 15.9. The summed E-state index contributed by atoms with van der Waals surface area (Å²) in [5.41, 5.74) is 4.91. The van der Waals surface area contributed by atoms with Gasteiger partial charge in [-0.05, 0) is 67.9 Å². The van der Waals surface area contributed by atoms with Gasteiger partial charge in [-0.2, -0.15) is 5.10 Å². The average Bonchev–Trinajstić information content (AvgIpc) is 3.51. The number of fused-ring (bicyclic) bond motifs is 3. The Balaban J connectivity index is 1.51. The summed E-state index contributed by atoms with van der Waals surface area (Å²) in [6.45, 7) is 4.63. The van der Waals surface area contributed by atoms with Crippen LogP contribution >= 0.6 is 0 Å². The monoisotopic (exact) mass is 521 g/mol. The SMILES string of the molecule is CCOc1ccccc1NC(=O)N1Cc2c(C)nn(-c3ccccc3)c2-n2cccc2[C@H]1c1ccc(F)cc1. The molecule has 0 fully saturated rings. The highest BCUT2D eigenvalue weighted by Gasteiger charge is 2.36. The lowest BCUT2D eigenvalue weighted by molar-refractivity contribution is 0.194. The Kier molecular flexibility index (Phi) is 6.36. The zero-order chi connectivity index (χ0) is 26.9. The molecule has 0 aliphatic carbocycles. The predicted octanol–water partition coefficient (Wildman–Crippen LogP) is 6.65. The summed E-state index contributed by atoms with van der Waals surface area (Å²) in [6, 6.07) is 26.8. The molecule has 1 N–H and O–H groups in total. The summed E-state index contributed by atoms with van der Waals surface area (Å²) in [7, 11) is 0. The van der Waals surface area contributed by atoms with E-state index in [1.165, 1.54) is 12.1 Å². The first-order chi connectivity index (χ1) is 19.0. The van der Waals surface area contributed by atoms with Crippen LogP contribution in [0.15, 0.2) is 97.2 Å². The fourth-order valence-corrected chi connectivity index (χ4v) is 5.18. The van der Waals surface area contributed by atoms with Crippen LogP contribution in [-0.2, 0) is 6.54 Å². The van der Waals surface area contributed by atoms with Gasteiger partial charge >= 0.3 is 6.03 Å². The van der Waals surface area contributed by atoms with E-state index in [-0.39, 0.29) is 11.8 Å². The first-order valence-corrected chi connectivity index (χ1v) is 12.9. The number of para-hydroxylation sites is 3. The molecule has 6 rings (SSSR count). The van der Waals surface area contributed by atoms with E-state index < -0.39 is 6.04 Å². The van der Waals surface area contributed by atoms with E-state index in [2.05, 4.69) is 9.88 Å². The van der Waals surface area contributed by atoms with Gasteiger partial charge < -0.3 is 19.5 Å². The van der Waals surface area contributed by atoms with E-state index in [0.717, 1.165) is 34.0 Å². The molecule has 0 saturated heterocycles. The van der Waals surface area contributed by atoms with E-state index in [1.54, 1.807) is 17.0 Å². The fourth-order valence-electron chi connectivity index (χ4n) is 5.18. The number of rotatable bonds is 5. The number of nitrogens with zero attached hydrogens (tertiary/aromatic N) is 4. The zero-order valence-electron chi connectivity index (χ0n) is 21.7. The number of hydrogen-bond acceptors (Lipinski definition) is 3. The minimum absolute atomic E-state index is 0.292. The summed E-state index contributed by atoms with van der Waals surface area (Å²) in [5, 5.41) is 7.94. The van der Waals surface area contributed by atoms with Gasteiger partial charge in [-0.25, -0.2) is 13.9 Å². The normalized spacial score (nSPS) is 14.3. The van der Waals surface area contributed by atoms with E-state index in [4.69, 9.17) is 9.84 Å². The molecule has 1 aliphatic rings. The van der Waals surface area contributed by atoms with E-state index in [9.17, 15) is 9.18 Å². The number of aryl methyl sites for hydroxylation is 1. The quantitative estimate of drug-likeness (QED) is 0.282. The molecule has 3 aromatic carbocycles. The summed E-state index contributed by atoms with van der Waals surface area (Å²) < 4.78 is 23.7. The number of carbonyl (C=O) groups is 1. The molecule has 8 heteroatoms. The third kappa shape index (κ3) is 4.44. The molecular formula is C31H28FN5O2. The number of halogens is 1. The number of amides is 2. The number of hydrogen-bond donors (Lipinski definition) is 1. The lowest BCUT2D eigenvalue weighted by Gasteiger charge is -2.31. The Hall–Kier alpha value is -4.85. The molecule has 0 spiro atoms. The van der Waals surface area contributed by atoms with Crippen LogP contribution in [0.3, 0.4) is 0 Å². The maximum absolute atomic E-state index is 14.1. The Morgan fingerprint density at radius 2 is 1.74 bits per heavy atom. The van der Waals surface area contributed by atoms with Crippen molar-refractivity contribution in [3.63, 3.8) is 0 Å². The Morgan fingerprint density at radius 3 is 2.51 bits per heavy atom. The van der Waals surface area contributed by atoms with Gasteiger partial charge in [-0.3, -0.25) is 0 Å². The highest BCUT2D eigenvalue weighted by atomic mass is 19.1. The first kappa shape index (κ1) is 24.5.